The maximum absolute atomic E-state index is 4.93. The predicted molar refractivity (Wildman–Crippen MR) is 75.2 cm³/mol. The van der Waals surface area contributed by atoms with Crippen molar-refractivity contribution < 1.29 is 4.84 Å². The average molecular weight is 261 g/mol. The van der Waals surface area contributed by atoms with Gasteiger partial charge in [-0.1, -0.05) is 23.4 Å². The molecule has 0 radical (unpaired) electrons. The van der Waals surface area contributed by atoms with Gasteiger partial charge in [0, 0.05) is 16.6 Å². The molecule has 0 aliphatic carbocycles. The highest BCUT2D eigenvalue weighted by Crippen LogP contribution is 2.23. The molecule has 4 nitrogen and oxygen atoms in total. The Bertz CT molecular complexity index is 987. The first-order valence-electron chi connectivity index (χ1n) is 6.35. The Kier molecular flexibility index (Phi) is 2.29. The van der Waals surface area contributed by atoms with Gasteiger partial charge in [-0.05, 0) is 24.3 Å². The smallest absolute Gasteiger partial charge is 0.115 e. The van der Waals surface area contributed by atoms with Crippen LogP contribution in [0.15, 0.2) is 63.8 Å². The second kappa shape index (κ2) is 4.13. The van der Waals surface area contributed by atoms with E-state index in [1.165, 1.54) is 0 Å². The highest BCUT2D eigenvalue weighted by atomic mass is 16.6. The highest BCUT2D eigenvalue weighted by molar-refractivity contribution is 6.12. The number of hydrogen-bond acceptors (Lipinski definition) is 4. The van der Waals surface area contributed by atoms with Gasteiger partial charge in [0.05, 0.1) is 22.0 Å². The molecule has 20 heavy (non-hydrogen) atoms. The standard InChI is InChI=1S/C16H11N3O/c1-20-19-14-8-9-17-13-7-6-11-10-4-2-3-5-12(10)18-16(11)15(13)14/h2-9H,1H3. The molecule has 96 valence electrons. The fraction of sp³-hybridized carbons (Fsp3) is 0.0625. The summed E-state index contributed by atoms with van der Waals surface area (Å²) in [6, 6.07) is 12.2. The third-order valence-corrected chi connectivity index (χ3v) is 3.47. The molecule has 2 aromatic carbocycles. The Balaban J connectivity index is 2.19. The van der Waals surface area contributed by atoms with Gasteiger partial charge in [0.25, 0.3) is 0 Å². The van der Waals surface area contributed by atoms with E-state index in [1.54, 1.807) is 13.3 Å². The Hall–Kier alpha value is -2.75. The van der Waals surface area contributed by atoms with E-state index in [1.807, 2.05) is 30.3 Å². The van der Waals surface area contributed by atoms with E-state index < -0.39 is 0 Å². The van der Waals surface area contributed by atoms with Crippen molar-refractivity contribution in [2.45, 2.75) is 0 Å². The van der Waals surface area contributed by atoms with Gasteiger partial charge in [-0.15, -0.1) is 0 Å². The van der Waals surface area contributed by atoms with Crippen molar-refractivity contribution in [1.29, 1.82) is 0 Å². The van der Waals surface area contributed by atoms with E-state index in [0.29, 0.717) is 0 Å². The molecule has 0 fully saturated rings. The van der Waals surface area contributed by atoms with Crippen LogP contribution in [0.2, 0.25) is 0 Å². The van der Waals surface area contributed by atoms with Crippen LogP contribution in [0.4, 0.5) is 5.69 Å². The molecule has 2 aliphatic heterocycles. The first-order valence-corrected chi connectivity index (χ1v) is 6.35. The first-order chi connectivity index (χ1) is 9.88. The third kappa shape index (κ3) is 1.45. The molecule has 0 bridgehead atoms. The second-order valence-electron chi connectivity index (χ2n) is 4.59. The zero-order valence-electron chi connectivity index (χ0n) is 10.9. The molecule has 0 unspecified atom stereocenters. The minimum Gasteiger partial charge on any atom is -0.399 e. The van der Waals surface area contributed by atoms with Crippen molar-refractivity contribution in [1.82, 2.24) is 0 Å². The molecular formula is C16H11N3O. The SMILES string of the molecule is CON=C1C=CN=c2ccc3c(c21)N=c1ccccc1=3. The number of rotatable bonds is 1. The summed E-state index contributed by atoms with van der Waals surface area (Å²) in [5, 5.41) is 8.21. The number of fused-ring (bicyclic) bond motifs is 4. The van der Waals surface area contributed by atoms with Crippen LogP contribution in [0.5, 0.6) is 0 Å². The topological polar surface area (TPSA) is 46.3 Å². The van der Waals surface area contributed by atoms with Gasteiger partial charge in [0.15, 0.2) is 0 Å². The van der Waals surface area contributed by atoms with Gasteiger partial charge >= 0.3 is 0 Å². The molecule has 0 spiro atoms. The Labute approximate surface area is 114 Å². The summed E-state index contributed by atoms with van der Waals surface area (Å²) in [4.78, 5) is 14.0. The number of allylic oxidation sites excluding steroid dienone is 1. The molecule has 0 aromatic heterocycles. The molecule has 4 rings (SSSR count). The van der Waals surface area contributed by atoms with E-state index in [9.17, 15) is 0 Å². The van der Waals surface area contributed by atoms with E-state index in [4.69, 9.17) is 9.83 Å². The summed E-state index contributed by atoms with van der Waals surface area (Å²) < 4.78 is 0. The monoisotopic (exact) mass is 261 g/mol. The Morgan fingerprint density at radius 1 is 1.00 bits per heavy atom. The Morgan fingerprint density at radius 3 is 2.80 bits per heavy atom. The molecular weight excluding hydrogens is 250 g/mol. The lowest BCUT2D eigenvalue weighted by Gasteiger charge is -2.08. The summed E-state index contributed by atoms with van der Waals surface area (Å²) in [5.41, 5.74) is 2.61. The summed E-state index contributed by atoms with van der Waals surface area (Å²) >= 11 is 0. The first kappa shape index (κ1) is 11.1. The molecule has 0 amide bonds. The quantitative estimate of drug-likeness (QED) is 0.615. The second-order valence-corrected chi connectivity index (χ2v) is 4.59. The van der Waals surface area contributed by atoms with Crippen LogP contribution >= 0.6 is 0 Å². The molecule has 0 saturated heterocycles. The van der Waals surface area contributed by atoms with Crippen LogP contribution in [0, 0.1) is 10.4 Å². The van der Waals surface area contributed by atoms with Crippen LogP contribution in [0.1, 0.15) is 5.56 Å². The lowest BCUT2D eigenvalue weighted by molar-refractivity contribution is 0.214. The number of hydrogen-bond donors (Lipinski definition) is 0. The van der Waals surface area contributed by atoms with Crippen LogP contribution < -0.4 is 10.7 Å². The third-order valence-electron chi connectivity index (χ3n) is 3.47. The van der Waals surface area contributed by atoms with Crippen molar-refractivity contribution in [3.05, 3.63) is 75.4 Å². The van der Waals surface area contributed by atoms with E-state index in [-0.39, 0.29) is 0 Å². The van der Waals surface area contributed by atoms with Gasteiger partial charge < -0.3 is 4.84 Å². The van der Waals surface area contributed by atoms with Gasteiger partial charge in [0.1, 0.15) is 12.8 Å². The lowest BCUT2D eigenvalue weighted by atomic mass is 10.0. The molecule has 2 aromatic rings. The fourth-order valence-electron chi connectivity index (χ4n) is 2.64. The average Bonchev–Trinajstić information content (AvgIpc) is 2.86. The van der Waals surface area contributed by atoms with Gasteiger partial charge in [-0.25, -0.2) is 4.99 Å². The van der Waals surface area contributed by atoms with Crippen molar-refractivity contribution in [2.24, 2.45) is 15.1 Å². The van der Waals surface area contributed by atoms with Crippen LogP contribution in [-0.4, -0.2) is 12.8 Å². The van der Waals surface area contributed by atoms with Gasteiger partial charge in [0.2, 0.25) is 0 Å². The zero-order valence-corrected chi connectivity index (χ0v) is 10.9. The lowest BCUT2D eigenvalue weighted by Crippen LogP contribution is -2.17. The van der Waals surface area contributed by atoms with E-state index >= 15 is 0 Å². The minimum atomic E-state index is 0.755. The molecule has 0 N–H and O–H groups in total. The molecule has 0 saturated carbocycles. The van der Waals surface area contributed by atoms with Gasteiger partial charge in [-0.3, -0.25) is 4.99 Å². The summed E-state index contributed by atoms with van der Waals surface area (Å²) in [7, 11) is 1.54. The van der Waals surface area contributed by atoms with E-state index in [2.05, 4.69) is 22.3 Å². The van der Waals surface area contributed by atoms with E-state index in [0.717, 1.165) is 38.1 Å². The normalized spacial score (nSPS) is 15.9. The minimum absolute atomic E-state index is 0.755. The van der Waals surface area contributed by atoms with Crippen molar-refractivity contribution in [2.75, 3.05) is 7.11 Å². The summed E-state index contributed by atoms with van der Waals surface area (Å²) in [6.45, 7) is 0. The summed E-state index contributed by atoms with van der Waals surface area (Å²) in [6.07, 6.45) is 3.57. The van der Waals surface area contributed by atoms with Crippen molar-refractivity contribution in [3.63, 3.8) is 0 Å². The van der Waals surface area contributed by atoms with Crippen molar-refractivity contribution >= 4 is 11.4 Å². The maximum Gasteiger partial charge on any atom is 0.115 e. The maximum atomic E-state index is 4.93. The predicted octanol–water partition coefficient (Wildman–Crippen LogP) is 1.74. The number of para-hydroxylation sites is 1. The number of oxime groups is 1. The fourth-order valence-corrected chi connectivity index (χ4v) is 2.64. The van der Waals surface area contributed by atoms with Gasteiger partial charge in [-0.2, -0.15) is 0 Å². The molecule has 0 atom stereocenters. The Morgan fingerprint density at radius 2 is 1.90 bits per heavy atom. The summed E-state index contributed by atoms with van der Waals surface area (Å²) in [5.74, 6) is 0. The molecule has 2 aliphatic rings. The van der Waals surface area contributed by atoms with Crippen LogP contribution in [-0.2, 0) is 4.84 Å². The number of benzene rings is 2. The molecule has 4 heteroatoms. The largest absolute Gasteiger partial charge is 0.399 e. The molecule has 2 heterocycles. The van der Waals surface area contributed by atoms with Crippen LogP contribution in [0.3, 0.4) is 0 Å². The zero-order chi connectivity index (χ0) is 13.5. The van der Waals surface area contributed by atoms with Crippen molar-refractivity contribution in [3.8, 4) is 0 Å². The number of nitrogens with zero attached hydrogens (tertiary/aromatic N) is 3. The highest BCUT2D eigenvalue weighted by Gasteiger charge is 2.17. The van der Waals surface area contributed by atoms with Crippen LogP contribution in [0.25, 0.3) is 0 Å².